The molecule has 3 rings (SSSR count). The highest BCUT2D eigenvalue weighted by Gasteiger charge is 2.36. The van der Waals surface area contributed by atoms with Gasteiger partial charge in [-0.05, 0) is 48.2 Å². The van der Waals surface area contributed by atoms with Crippen molar-refractivity contribution in [2.45, 2.75) is 0 Å². The minimum atomic E-state index is -0.525. The van der Waals surface area contributed by atoms with Crippen LogP contribution in [0.4, 0.5) is 10.5 Å². The Bertz CT molecular complexity index is 943. The third-order valence-corrected chi connectivity index (χ3v) is 4.86. The lowest BCUT2D eigenvalue weighted by Crippen LogP contribution is -2.36. The Morgan fingerprint density at radius 2 is 1.86 bits per heavy atom. The van der Waals surface area contributed by atoms with Gasteiger partial charge in [0.2, 0.25) is 5.91 Å². The van der Waals surface area contributed by atoms with Gasteiger partial charge in [0, 0.05) is 11.3 Å². The van der Waals surface area contributed by atoms with Gasteiger partial charge < -0.3 is 14.8 Å². The van der Waals surface area contributed by atoms with E-state index in [9.17, 15) is 14.4 Å². The maximum atomic E-state index is 12.6. The molecule has 1 N–H and O–H groups in total. The second-order valence-electron chi connectivity index (χ2n) is 5.79. The summed E-state index contributed by atoms with van der Waals surface area (Å²) in [6.45, 7) is -0.355. The first-order valence-electron chi connectivity index (χ1n) is 8.34. The minimum absolute atomic E-state index is 0.212. The number of methoxy groups -OCH3 is 2. The van der Waals surface area contributed by atoms with Crippen LogP contribution in [0.3, 0.4) is 0 Å². The highest BCUT2D eigenvalue weighted by Crippen LogP contribution is 2.35. The molecule has 0 spiro atoms. The third-order valence-electron chi connectivity index (χ3n) is 3.96. The highest BCUT2D eigenvalue weighted by atomic mass is 32.2. The molecule has 0 radical (unpaired) electrons. The number of thioether (sulfide) groups is 1. The Kier molecular flexibility index (Phi) is 6.00. The zero-order valence-corrected chi connectivity index (χ0v) is 16.1. The zero-order chi connectivity index (χ0) is 20.1. The van der Waals surface area contributed by atoms with Crippen molar-refractivity contribution >= 4 is 40.6 Å². The second kappa shape index (κ2) is 8.62. The van der Waals surface area contributed by atoms with E-state index in [1.165, 1.54) is 14.2 Å². The van der Waals surface area contributed by atoms with Gasteiger partial charge in [0.1, 0.15) is 18.0 Å². The fraction of sp³-hybridized carbons (Fsp3) is 0.150. The Hall–Kier alpha value is -3.26. The number of ether oxygens (including phenoxy) is 2. The highest BCUT2D eigenvalue weighted by molar-refractivity contribution is 8.18. The molecule has 8 heteroatoms. The molecule has 1 saturated heterocycles. The number of nitrogens with zero attached hydrogens (tertiary/aromatic N) is 1. The fourth-order valence-corrected chi connectivity index (χ4v) is 3.42. The summed E-state index contributed by atoms with van der Waals surface area (Å²) in [7, 11) is 3.05. The topological polar surface area (TPSA) is 84.9 Å². The van der Waals surface area contributed by atoms with Crippen LogP contribution in [0, 0.1) is 0 Å². The first kappa shape index (κ1) is 19.5. The molecular formula is C20H18N2O5S. The summed E-state index contributed by atoms with van der Waals surface area (Å²) in [5.41, 5.74) is 1.19. The molecule has 0 bridgehead atoms. The molecular weight excluding hydrogens is 380 g/mol. The van der Waals surface area contributed by atoms with Gasteiger partial charge in [-0.15, -0.1) is 0 Å². The monoisotopic (exact) mass is 398 g/mol. The van der Waals surface area contributed by atoms with Gasteiger partial charge in [-0.1, -0.05) is 18.2 Å². The van der Waals surface area contributed by atoms with E-state index >= 15 is 0 Å². The van der Waals surface area contributed by atoms with Gasteiger partial charge in [-0.2, -0.15) is 0 Å². The second-order valence-corrected chi connectivity index (χ2v) is 6.78. The molecule has 0 aromatic heterocycles. The molecule has 28 heavy (non-hydrogen) atoms. The number of rotatable bonds is 6. The fourth-order valence-electron chi connectivity index (χ4n) is 2.60. The van der Waals surface area contributed by atoms with Gasteiger partial charge in [-0.3, -0.25) is 19.3 Å². The summed E-state index contributed by atoms with van der Waals surface area (Å²) in [5, 5.41) is 2.16. The number of anilines is 1. The molecule has 0 unspecified atom stereocenters. The standard InChI is InChI=1S/C20H18N2O5S/c1-26-15-8-9-16(27-2)13(10-15)11-17-19(24)22(20(25)28-17)12-18(23)21-14-6-4-3-5-7-14/h3-11H,12H2,1-2H3,(H,21,23)/b17-11+. The van der Waals surface area contributed by atoms with E-state index in [1.807, 2.05) is 6.07 Å². The lowest BCUT2D eigenvalue weighted by atomic mass is 10.1. The Morgan fingerprint density at radius 1 is 1.11 bits per heavy atom. The molecule has 7 nitrogen and oxygen atoms in total. The first-order valence-corrected chi connectivity index (χ1v) is 9.15. The average molecular weight is 398 g/mol. The quantitative estimate of drug-likeness (QED) is 0.751. The number of carbonyl (C=O) groups excluding carboxylic acids is 3. The maximum absolute atomic E-state index is 12.6. The van der Waals surface area contributed by atoms with Crippen molar-refractivity contribution in [1.82, 2.24) is 4.90 Å². The molecule has 1 aliphatic rings. The summed E-state index contributed by atoms with van der Waals surface area (Å²) in [6.07, 6.45) is 1.56. The smallest absolute Gasteiger partial charge is 0.294 e. The van der Waals surface area contributed by atoms with Crippen molar-refractivity contribution in [2.24, 2.45) is 0 Å². The van der Waals surface area contributed by atoms with E-state index in [2.05, 4.69) is 5.32 Å². The number of hydrogen-bond acceptors (Lipinski definition) is 6. The van der Waals surface area contributed by atoms with Crippen LogP contribution in [0.5, 0.6) is 11.5 Å². The maximum Gasteiger partial charge on any atom is 0.294 e. The summed E-state index contributed by atoms with van der Waals surface area (Å²) in [5.74, 6) is 0.153. The molecule has 0 atom stereocenters. The number of benzene rings is 2. The van der Waals surface area contributed by atoms with E-state index in [4.69, 9.17) is 9.47 Å². The van der Waals surface area contributed by atoms with E-state index in [0.29, 0.717) is 22.7 Å². The van der Waals surface area contributed by atoms with Crippen molar-refractivity contribution in [2.75, 3.05) is 26.1 Å². The zero-order valence-electron chi connectivity index (χ0n) is 15.3. The number of amides is 3. The Labute approximate surface area is 166 Å². The number of carbonyl (C=O) groups is 3. The van der Waals surface area contributed by atoms with Crippen LogP contribution in [-0.2, 0) is 9.59 Å². The van der Waals surface area contributed by atoms with Crippen LogP contribution in [0.1, 0.15) is 5.56 Å². The molecule has 1 fully saturated rings. The van der Waals surface area contributed by atoms with Crippen LogP contribution in [-0.4, -0.2) is 42.7 Å². The number of hydrogen-bond donors (Lipinski definition) is 1. The summed E-state index contributed by atoms with van der Waals surface area (Å²) < 4.78 is 10.5. The Morgan fingerprint density at radius 3 is 2.54 bits per heavy atom. The minimum Gasteiger partial charge on any atom is -0.497 e. The summed E-state index contributed by atoms with van der Waals surface area (Å²) in [4.78, 5) is 38.2. The summed E-state index contributed by atoms with van der Waals surface area (Å²) in [6, 6.07) is 14.0. The van der Waals surface area contributed by atoms with Crippen molar-refractivity contribution < 1.29 is 23.9 Å². The molecule has 1 heterocycles. The molecule has 3 amide bonds. The van der Waals surface area contributed by atoms with Crippen molar-refractivity contribution in [3.8, 4) is 11.5 Å². The first-order chi connectivity index (χ1) is 13.5. The number of nitrogens with one attached hydrogen (secondary N) is 1. The van der Waals surface area contributed by atoms with Crippen LogP contribution < -0.4 is 14.8 Å². The predicted octanol–water partition coefficient (Wildman–Crippen LogP) is 3.38. The van der Waals surface area contributed by atoms with E-state index in [1.54, 1.807) is 48.5 Å². The predicted molar refractivity (Wildman–Crippen MR) is 107 cm³/mol. The van der Waals surface area contributed by atoms with E-state index in [-0.39, 0.29) is 11.4 Å². The van der Waals surface area contributed by atoms with Crippen LogP contribution in [0.2, 0.25) is 0 Å². The SMILES string of the molecule is COc1ccc(OC)c(/C=C2/SC(=O)N(CC(=O)Nc3ccccc3)C2=O)c1. The van der Waals surface area contributed by atoms with Gasteiger partial charge in [-0.25, -0.2) is 0 Å². The molecule has 2 aromatic carbocycles. The van der Waals surface area contributed by atoms with Crippen LogP contribution >= 0.6 is 11.8 Å². The molecule has 144 valence electrons. The largest absolute Gasteiger partial charge is 0.497 e. The third kappa shape index (κ3) is 4.34. The normalized spacial score (nSPS) is 15.1. The van der Waals surface area contributed by atoms with Crippen LogP contribution in [0.25, 0.3) is 6.08 Å². The lowest BCUT2D eigenvalue weighted by molar-refractivity contribution is -0.127. The van der Waals surface area contributed by atoms with Gasteiger partial charge in [0.15, 0.2) is 0 Å². The number of para-hydroxylation sites is 1. The molecule has 2 aromatic rings. The van der Waals surface area contributed by atoms with Gasteiger partial charge in [0.25, 0.3) is 11.1 Å². The van der Waals surface area contributed by atoms with Crippen molar-refractivity contribution in [3.63, 3.8) is 0 Å². The Balaban J connectivity index is 1.76. The van der Waals surface area contributed by atoms with Gasteiger partial charge in [0.05, 0.1) is 19.1 Å². The van der Waals surface area contributed by atoms with Crippen LogP contribution in [0.15, 0.2) is 53.4 Å². The molecule has 1 aliphatic heterocycles. The van der Waals surface area contributed by atoms with E-state index < -0.39 is 17.1 Å². The lowest BCUT2D eigenvalue weighted by Gasteiger charge is -2.12. The van der Waals surface area contributed by atoms with Crippen molar-refractivity contribution in [1.29, 1.82) is 0 Å². The van der Waals surface area contributed by atoms with Crippen molar-refractivity contribution in [3.05, 3.63) is 59.0 Å². The van der Waals surface area contributed by atoms with Gasteiger partial charge >= 0.3 is 0 Å². The molecule has 0 saturated carbocycles. The molecule has 0 aliphatic carbocycles. The number of imide groups is 1. The summed E-state index contributed by atoms with van der Waals surface area (Å²) >= 11 is 0.780. The average Bonchev–Trinajstić information content (AvgIpc) is 2.96. The van der Waals surface area contributed by atoms with E-state index in [0.717, 1.165) is 16.7 Å².